The molecule has 2 aromatic carbocycles. The molecule has 0 aliphatic rings. The Labute approximate surface area is 201 Å². The number of hydrogen-bond acceptors (Lipinski definition) is 7. The number of aliphatic carboxylic acids is 1. The smallest absolute Gasteiger partial charge is 0.323 e. The van der Waals surface area contributed by atoms with E-state index in [1.165, 1.54) is 10.8 Å². The van der Waals surface area contributed by atoms with Crippen LogP contribution in [0.4, 0.5) is 0 Å². The number of amides is 1. The second kappa shape index (κ2) is 13.2. The minimum atomic E-state index is -1.09. The van der Waals surface area contributed by atoms with Gasteiger partial charge in [0.1, 0.15) is 12.3 Å². The van der Waals surface area contributed by atoms with Gasteiger partial charge in [-0.1, -0.05) is 52.8 Å². The van der Waals surface area contributed by atoms with Crippen molar-refractivity contribution in [1.82, 2.24) is 4.90 Å². The molecular weight excluding hydrogens is 462 g/mol. The van der Waals surface area contributed by atoms with Crippen LogP contribution in [-0.4, -0.2) is 54.4 Å². The zero-order chi connectivity index (χ0) is 24.4. The zero-order valence-electron chi connectivity index (χ0n) is 19.2. The molecule has 0 bridgehead atoms. The molecule has 0 radical (unpaired) electrons. The van der Waals surface area contributed by atoms with Crippen LogP contribution in [0.25, 0.3) is 10.8 Å². The fourth-order valence-corrected chi connectivity index (χ4v) is 5.15. The summed E-state index contributed by atoms with van der Waals surface area (Å²) in [6.07, 6.45) is 0.896. The molecule has 1 atom stereocenters. The zero-order valence-corrected chi connectivity index (χ0v) is 20.8. The Hall–Kier alpha value is -2.65. The minimum Gasteiger partial charge on any atom is -0.497 e. The molecule has 0 unspecified atom stereocenters. The van der Waals surface area contributed by atoms with Gasteiger partial charge in [-0.25, -0.2) is 0 Å². The molecule has 7 nitrogen and oxygen atoms in total. The van der Waals surface area contributed by atoms with E-state index in [0.717, 1.165) is 37.6 Å². The highest BCUT2D eigenvalue weighted by atomic mass is 33.1. The van der Waals surface area contributed by atoms with Crippen molar-refractivity contribution in [3.05, 3.63) is 52.6 Å². The van der Waals surface area contributed by atoms with Crippen LogP contribution in [0.5, 0.6) is 5.75 Å². The molecule has 1 N–H and O–H groups in total. The second-order valence-corrected chi connectivity index (χ2v) is 9.92. The lowest BCUT2D eigenvalue weighted by Crippen LogP contribution is -2.27. The van der Waals surface area contributed by atoms with E-state index in [1.807, 2.05) is 43.3 Å². The Morgan fingerprint density at radius 3 is 2.52 bits per heavy atom. The molecule has 1 amide bonds. The summed E-state index contributed by atoms with van der Waals surface area (Å²) in [4.78, 5) is 37.0. The molecule has 2 aromatic rings. The average Bonchev–Trinajstić information content (AvgIpc) is 2.82. The number of carbonyl (C=O) groups is 3. The number of allylic oxidation sites excluding steroid dienone is 1. The molecular formula is C24H29NO6S2. The topological polar surface area (TPSA) is 93.1 Å². The van der Waals surface area contributed by atoms with Crippen LogP contribution in [0.2, 0.25) is 0 Å². The molecule has 0 aliphatic heterocycles. The Morgan fingerprint density at radius 2 is 1.88 bits per heavy atom. The van der Waals surface area contributed by atoms with Gasteiger partial charge in [-0.15, -0.1) is 0 Å². The van der Waals surface area contributed by atoms with Gasteiger partial charge in [0, 0.05) is 22.8 Å². The van der Waals surface area contributed by atoms with Crippen molar-refractivity contribution < 1.29 is 29.0 Å². The van der Waals surface area contributed by atoms with Gasteiger partial charge in [-0.3, -0.25) is 14.4 Å². The Balaban J connectivity index is 2.06. The van der Waals surface area contributed by atoms with E-state index in [4.69, 9.17) is 14.6 Å². The van der Waals surface area contributed by atoms with Crippen molar-refractivity contribution >= 4 is 50.7 Å². The van der Waals surface area contributed by atoms with E-state index in [9.17, 15) is 14.4 Å². The van der Waals surface area contributed by atoms with Crippen molar-refractivity contribution in [1.29, 1.82) is 0 Å². The van der Waals surface area contributed by atoms with Crippen LogP contribution in [0, 0.1) is 0 Å². The van der Waals surface area contributed by atoms with Gasteiger partial charge in [0.05, 0.1) is 19.6 Å². The predicted octanol–water partition coefficient (Wildman–Crippen LogP) is 5.06. The minimum absolute atomic E-state index is 0.137. The maximum Gasteiger partial charge on any atom is 0.323 e. The fourth-order valence-electron chi connectivity index (χ4n) is 3.10. The first-order valence-corrected chi connectivity index (χ1v) is 12.8. The van der Waals surface area contributed by atoms with Gasteiger partial charge in [0.25, 0.3) is 0 Å². The lowest BCUT2D eigenvalue weighted by atomic mass is 9.98. The van der Waals surface area contributed by atoms with Gasteiger partial charge >= 0.3 is 11.9 Å². The van der Waals surface area contributed by atoms with E-state index in [2.05, 4.69) is 0 Å². The van der Waals surface area contributed by atoms with Crippen molar-refractivity contribution in [3.8, 4) is 5.75 Å². The van der Waals surface area contributed by atoms with Crippen LogP contribution in [0.15, 0.2) is 47.0 Å². The normalized spacial score (nSPS) is 12.6. The van der Waals surface area contributed by atoms with Gasteiger partial charge in [0.15, 0.2) is 0 Å². The third-order valence-corrected chi connectivity index (χ3v) is 7.76. The van der Waals surface area contributed by atoms with Crippen molar-refractivity contribution in [2.24, 2.45) is 0 Å². The Kier molecular flexibility index (Phi) is 10.6. The van der Waals surface area contributed by atoms with E-state index in [-0.39, 0.29) is 12.6 Å². The lowest BCUT2D eigenvalue weighted by Gasteiger charge is -2.20. The molecule has 0 saturated heterocycles. The highest BCUT2D eigenvalue weighted by Gasteiger charge is 2.19. The number of esters is 1. The summed E-state index contributed by atoms with van der Waals surface area (Å²) < 4.78 is 10.8. The predicted molar refractivity (Wildman–Crippen MR) is 133 cm³/mol. The molecule has 0 aliphatic carbocycles. The highest BCUT2D eigenvalue weighted by molar-refractivity contribution is 8.78. The Morgan fingerprint density at radius 1 is 1.18 bits per heavy atom. The van der Waals surface area contributed by atoms with Gasteiger partial charge in [0.2, 0.25) is 6.41 Å². The molecule has 0 spiro atoms. The number of carboxylic acids is 1. The number of methoxy groups -OCH3 is 1. The molecule has 0 heterocycles. The van der Waals surface area contributed by atoms with E-state index >= 15 is 0 Å². The van der Waals surface area contributed by atoms with E-state index in [0.29, 0.717) is 18.5 Å². The first-order chi connectivity index (χ1) is 15.8. The third kappa shape index (κ3) is 7.71. The summed E-state index contributed by atoms with van der Waals surface area (Å²) in [6, 6.07) is 11.6. The summed E-state index contributed by atoms with van der Waals surface area (Å²) in [5.41, 5.74) is 1.40. The Bertz CT molecular complexity index is 1020. The van der Waals surface area contributed by atoms with Crippen molar-refractivity contribution in [3.63, 3.8) is 0 Å². The molecule has 0 fully saturated rings. The van der Waals surface area contributed by atoms with Crippen molar-refractivity contribution in [2.45, 2.75) is 33.1 Å². The van der Waals surface area contributed by atoms with Crippen LogP contribution in [-0.2, 0) is 19.1 Å². The third-order valence-electron chi connectivity index (χ3n) is 5.04. The summed E-state index contributed by atoms with van der Waals surface area (Å²) >= 11 is 0. The van der Waals surface area contributed by atoms with Crippen LogP contribution >= 0.6 is 21.6 Å². The quantitative estimate of drug-likeness (QED) is 0.236. The maximum atomic E-state index is 12.7. The summed E-state index contributed by atoms with van der Waals surface area (Å²) in [6.45, 7) is 5.22. The summed E-state index contributed by atoms with van der Waals surface area (Å²) in [5, 5.41) is 11.1. The molecule has 9 heteroatoms. The number of carbonyl (C=O) groups excluding carboxylic acids is 2. The van der Waals surface area contributed by atoms with E-state index < -0.39 is 18.4 Å². The standard InChI is InChI=1S/C24H29NO6S2/c1-5-32-33-22(17(3)25(15-26)14-23(27)28)10-11-31-24(29)16(2)18-6-7-20-13-21(30-4)9-8-19(20)12-18/h6-9,12-13,15-16H,5,10-11,14H2,1-4H3,(H,27,28)/b22-17-/t16-/m0/s1. The monoisotopic (exact) mass is 491 g/mol. The molecule has 0 saturated carbocycles. The summed E-state index contributed by atoms with van der Waals surface area (Å²) in [7, 11) is 4.66. The summed E-state index contributed by atoms with van der Waals surface area (Å²) in [5.74, 6) is -0.265. The number of fused-ring (bicyclic) bond motifs is 1. The number of nitrogens with zero attached hydrogens (tertiary/aromatic N) is 1. The molecule has 0 aromatic heterocycles. The van der Waals surface area contributed by atoms with Crippen LogP contribution in [0.3, 0.4) is 0 Å². The number of carboxylic acid groups (broad SMARTS) is 1. The fraction of sp³-hybridized carbons (Fsp3) is 0.375. The maximum absolute atomic E-state index is 12.7. The first-order valence-electron chi connectivity index (χ1n) is 10.5. The van der Waals surface area contributed by atoms with Crippen molar-refractivity contribution in [2.75, 3.05) is 26.0 Å². The molecule has 178 valence electrons. The number of benzene rings is 2. The first kappa shape index (κ1) is 26.6. The van der Waals surface area contributed by atoms with Gasteiger partial charge in [-0.2, -0.15) is 0 Å². The number of ether oxygens (including phenoxy) is 2. The van der Waals surface area contributed by atoms with Gasteiger partial charge < -0.3 is 19.5 Å². The van der Waals surface area contributed by atoms with Crippen LogP contribution < -0.4 is 4.74 Å². The lowest BCUT2D eigenvalue weighted by molar-refractivity contribution is -0.145. The van der Waals surface area contributed by atoms with Gasteiger partial charge in [-0.05, 0) is 42.3 Å². The average molecular weight is 492 g/mol. The number of hydrogen-bond donors (Lipinski definition) is 1. The number of rotatable bonds is 13. The largest absolute Gasteiger partial charge is 0.497 e. The second-order valence-electron chi connectivity index (χ2n) is 7.24. The molecule has 33 heavy (non-hydrogen) atoms. The molecule has 2 rings (SSSR count). The SMILES string of the molecule is CCSS/C(CCOC(=O)[C@@H](C)c1ccc2cc(OC)ccc2c1)=C(/C)N(C=O)CC(=O)O. The van der Waals surface area contributed by atoms with Crippen LogP contribution in [0.1, 0.15) is 38.7 Å². The van der Waals surface area contributed by atoms with E-state index in [1.54, 1.807) is 31.8 Å². The highest BCUT2D eigenvalue weighted by Crippen LogP contribution is 2.35.